The third-order valence-electron chi connectivity index (χ3n) is 9.97. The average molecular weight is 604 g/mol. The lowest BCUT2D eigenvalue weighted by Gasteiger charge is -2.22. The second-order valence-electron chi connectivity index (χ2n) is 13.0. The second kappa shape index (κ2) is 9.51. The van der Waals surface area contributed by atoms with Gasteiger partial charge in [0.25, 0.3) is 0 Å². The first-order valence-electron chi connectivity index (χ1n) is 16.1. The Balaban J connectivity index is 1.44. The molecule has 1 aliphatic carbocycles. The predicted molar refractivity (Wildman–Crippen MR) is 192 cm³/mol. The fourth-order valence-electron chi connectivity index (χ4n) is 7.95. The van der Waals surface area contributed by atoms with Crippen molar-refractivity contribution in [2.75, 3.05) is 0 Å². The van der Waals surface area contributed by atoms with E-state index >= 15 is 0 Å². The molecule has 0 radical (unpaired) electrons. The van der Waals surface area contributed by atoms with Crippen molar-refractivity contribution in [3.63, 3.8) is 0 Å². The summed E-state index contributed by atoms with van der Waals surface area (Å²) in [7, 11) is 0. The zero-order chi connectivity index (χ0) is 31.3. The van der Waals surface area contributed by atoms with Gasteiger partial charge in [-0.1, -0.05) is 135 Å². The van der Waals surface area contributed by atoms with Crippen molar-refractivity contribution in [1.29, 1.82) is 0 Å². The molecule has 6 aromatic carbocycles. The molecular formula is C43H29N3O. The van der Waals surface area contributed by atoms with Gasteiger partial charge in [-0.05, 0) is 34.4 Å². The topological polar surface area (TPSA) is 43.9 Å². The molecule has 4 nitrogen and oxygen atoms in total. The van der Waals surface area contributed by atoms with E-state index in [1.807, 2.05) is 24.3 Å². The Morgan fingerprint density at radius 1 is 0.617 bits per heavy atom. The van der Waals surface area contributed by atoms with Crippen LogP contribution in [0.2, 0.25) is 0 Å². The summed E-state index contributed by atoms with van der Waals surface area (Å²) < 4.78 is 9.25. The van der Waals surface area contributed by atoms with Crippen LogP contribution in [0.4, 0.5) is 0 Å². The molecule has 0 saturated carbocycles. The van der Waals surface area contributed by atoms with E-state index in [0.717, 1.165) is 50.2 Å². The van der Waals surface area contributed by atoms with Crippen LogP contribution >= 0.6 is 0 Å². The third-order valence-corrected chi connectivity index (χ3v) is 9.97. The lowest BCUT2D eigenvalue weighted by molar-refractivity contribution is 0.658. The molecule has 4 heteroatoms. The zero-order valence-corrected chi connectivity index (χ0v) is 26.0. The molecule has 0 amide bonds. The molecule has 3 aromatic heterocycles. The van der Waals surface area contributed by atoms with Gasteiger partial charge in [-0.25, -0.2) is 9.97 Å². The van der Waals surface area contributed by atoms with E-state index in [1.165, 1.54) is 38.4 Å². The molecule has 10 rings (SSSR count). The minimum Gasteiger partial charge on any atom is -0.454 e. The van der Waals surface area contributed by atoms with Crippen LogP contribution in [0, 0.1) is 0 Å². The number of hydrogen-bond acceptors (Lipinski definition) is 3. The quantitative estimate of drug-likeness (QED) is 0.202. The summed E-state index contributed by atoms with van der Waals surface area (Å²) in [6, 6.07) is 48.8. The molecular weight excluding hydrogens is 574 g/mol. The van der Waals surface area contributed by atoms with Gasteiger partial charge in [-0.2, -0.15) is 0 Å². The van der Waals surface area contributed by atoms with Gasteiger partial charge in [-0.15, -0.1) is 0 Å². The van der Waals surface area contributed by atoms with E-state index in [1.54, 1.807) is 0 Å². The van der Waals surface area contributed by atoms with E-state index in [9.17, 15) is 0 Å². The molecule has 0 N–H and O–H groups in total. The van der Waals surface area contributed by atoms with Gasteiger partial charge >= 0.3 is 0 Å². The molecule has 0 unspecified atom stereocenters. The predicted octanol–water partition coefficient (Wildman–Crippen LogP) is 11.1. The first-order chi connectivity index (χ1) is 23.1. The van der Waals surface area contributed by atoms with E-state index in [4.69, 9.17) is 14.4 Å². The van der Waals surface area contributed by atoms with Crippen LogP contribution in [0.25, 0.3) is 83.3 Å². The van der Waals surface area contributed by atoms with Gasteiger partial charge in [0, 0.05) is 44.2 Å². The number of para-hydroxylation sites is 2. The van der Waals surface area contributed by atoms with Crippen molar-refractivity contribution >= 4 is 43.7 Å². The van der Waals surface area contributed by atoms with Gasteiger partial charge in [-0.3, -0.25) is 4.57 Å². The highest BCUT2D eigenvalue weighted by atomic mass is 16.3. The van der Waals surface area contributed by atoms with E-state index in [0.29, 0.717) is 5.82 Å². The molecule has 222 valence electrons. The maximum absolute atomic E-state index is 6.94. The Bertz CT molecular complexity index is 2640. The Kier molecular flexibility index (Phi) is 5.31. The Hall–Kier alpha value is -6.00. The van der Waals surface area contributed by atoms with Gasteiger partial charge in [0.2, 0.25) is 0 Å². The van der Waals surface area contributed by atoms with E-state index in [2.05, 4.69) is 134 Å². The molecule has 1 aliphatic rings. The maximum atomic E-state index is 6.94. The number of hydrogen-bond donors (Lipinski definition) is 0. The molecule has 0 saturated heterocycles. The monoisotopic (exact) mass is 603 g/mol. The molecule has 3 heterocycles. The number of furan rings is 1. The minimum atomic E-state index is -0.218. The Labute approximate surface area is 271 Å². The van der Waals surface area contributed by atoms with Crippen LogP contribution in [0.5, 0.6) is 0 Å². The summed E-state index contributed by atoms with van der Waals surface area (Å²) in [5.74, 6) is 1.48. The van der Waals surface area contributed by atoms with Gasteiger partial charge in [0.05, 0.1) is 16.7 Å². The standard InChI is InChI=1S/C43H29N3O/c1-43(2)31-22-12-9-19-28(31)36-37-29-20-10-13-23-33(29)46(40(37)41-38(39(36)43)30-21-11-14-24-34(30)47-41)35-25-32(26-15-5-3-6-16-26)44-42(45-35)27-17-7-4-8-18-27/h3-25H,1-2H3. The van der Waals surface area contributed by atoms with Crippen molar-refractivity contribution in [3.05, 3.63) is 151 Å². The molecule has 9 aromatic rings. The fraction of sp³-hybridized carbons (Fsp3) is 0.0698. The summed E-state index contributed by atoms with van der Waals surface area (Å²) in [6.45, 7) is 4.71. The van der Waals surface area contributed by atoms with Gasteiger partial charge in [0.1, 0.15) is 11.4 Å². The molecule has 0 bridgehead atoms. The van der Waals surface area contributed by atoms with Crippen molar-refractivity contribution in [3.8, 4) is 39.6 Å². The zero-order valence-electron chi connectivity index (χ0n) is 26.0. The van der Waals surface area contributed by atoms with Gasteiger partial charge < -0.3 is 4.42 Å². The fourth-order valence-corrected chi connectivity index (χ4v) is 7.95. The Morgan fingerprint density at radius 2 is 1.28 bits per heavy atom. The maximum Gasteiger partial charge on any atom is 0.162 e. The van der Waals surface area contributed by atoms with Crippen LogP contribution < -0.4 is 0 Å². The number of benzene rings is 6. The smallest absolute Gasteiger partial charge is 0.162 e. The molecule has 47 heavy (non-hydrogen) atoms. The van der Waals surface area contributed by atoms with E-state index in [-0.39, 0.29) is 5.41 Å². The van der Waals surface area contributed by atoms with Crippen molar-refractivity contribution < 1.29 is 4.42 Å². The van der Waals surface area contributed by atoms with Crippen molar-refractivity contribution in [2.45, 2.75) is 19.3 Å². The molecule has 0 fully saturated rings. The van der Waals surface area contributed by atoms with Crippen LogP contribution in [-0.4, -0.2) is 14.5 Å². The summed E-state index contributed by atoms with van der Waals surface area (Å²) in [5.41, 5.74) is 11.8. The highest BCUT2D eigenvalue weighted by Crippen LogP contribution is 2.57. The second-order valence-corrected chi connectivity index (χ2v) is 13.0. The van der Waals surface area contributed by atoms with Crippen LogP contribution in [0.3, 0.4) is 0 Å². The minimum absolute atomic E-state index is 0.218. The highest BCUT2D eigenvalue weighted by Gasteiger charge is 2.41. The summed E-state index contributed by atoms with van der Waals surface area (Å²) in [5, 5.41) is 4.68. The summed E-state index contributed by atoms with van der Waals surface area (Å²) in [4.78, 5) is 10.4. The first-order valence-corrected chi connectivity index (χ1v) is 16.1. The molecule has 0 aliphatic heterocycles. The third kappa shape index (κ3) is 3.58. The van der Waals surface area contributed by atoms with E-state index < -0.39 is 0 Å². The van der Waals surface area contributed by atoms with Crippen LogP contribution in [-0.2, 0) is 5.41 Å². The van der Waals surface area contributed by atoms with Gasteiger partial charge in [0.15, 0.2) is 11.4 Å². The average Bonchev–Trinajstić information content (AvgIpc) is 3.75. The lowest BCUT2D eigenvalue weighted by Crippen LogP contribution is -2.15. The lowest BCUT2D eigenvalue weighted by atomic mass is 9.80. The Morgan fingerprint density at radius 3 is 2.09 bits per heavy atom. The number of rotatable bonds is 3. The molecule has 0 spiro atoms. The van der Waals surface area contributed by atoms with Crippen LogP contribution in [0.1, 0.15) is 25.0 Å². The van der Waals surface area contributed by atoms with Crippen molar-refractivity contribution in [2.24, 2.45) is 0 Å². The number of aromatic nitrogens is 3. The summed E-state index contributed by atoms with van der Waals surface area (Å²) in [6.07, 6.45) is 0. The SMILES string of the molecule is CC1(C)c2ccccc2-c2c1c1c3ccccc3oc1c1c2c2ccccc2n1-c1cc(-c2ccccc2)nc(-c2ccccc2)n1. The first kappa shape index (κ1) is 26.2. The van der Waals surface area contributed by atoms with Crippen molar-refractivity contribution in [1.82, 2.24) is 14.5 Å². The largest absolute Gasteiger partial charge is 0.454 e. The normalized spacial score (nSPS) is 13.5. The highest BCUT2D eigenvalue weighted by molar-refractivity contribution is 6.29. The summed E-state index contributed by atoms with van der Waals surface area (Å²) >= 11 is 0. The molecule has 0 atom stereocenters. The number of fused-ring (bicyclic) bond motifs is 12. The van der Waals surface area contributed by atoms with Crippen LogP contribution in [0.15, 0.2) is 144 Å². The number of nitrogens with zero attached hydrogens (tertiary/aromatic N) is 3.